The van der Waals surface area contributed by atoms with Gasteiger partial charge in [0.1, 0.15) is 6.61 Å². The standard InChI is InChI=1S/C17H26N4O2/c1-13-5-4-6-17(2,3)15(13)11-14-12-21(19-18-14)8-7-20-9-10-23-16(20)22/h12H,4-11H2,1-3H3. The Morgan fingerprint density at radius 2 is 2.17 bits per heavy atom. The van der Waals surface area contributed by atoms with Crippen molar-refractivity contribution < 1.29 is 9.53 Å². The largest absolute Gasteiger partial charge is 0.448 e. The molecule has 1 amide bonds. The van der Waals surface area contributed by atoms with E-state index in [0.717, 1.165) is 12.1 Å². The molecule has 0 radical (unpaired) electrons. The van der Waals surface area contributed by atoms with Crippen LogP contribution in [0.15, 0.2) is 17.3 Å². The van der Waals surface area contributed by atoms with Gasteiger partial charge in [0.15, 0.2) is 0 Å². The van der Waals surface area contributed by atoms with Gasteiger partial charge in [-0.1, -0.05) is 30.2 Å². The van der Waals surface area contributed by atoms with Gasteiger partial charge in [0.2, 0.25) is 0 Å². The predicted molar refractivity (Wildman–Crippen MR) is 87.0 cm³/mol. The monoisotopic (exact) mass is 318 g/mol. The number of amides is 1. The van der Waals surface area contributed by atoms with Crippen LogP contribution in [0.4, 0.5) is 4.79 Å². The number of cyclic esters (lactones) is 1. The highest BCUT2D eigenvalue weighted by molar-refractivity contribution is 5.69. The summed E-state index contributed by atoms with van der Waals surface area (Å²) in [6.45, 7) is 9.34. The molecule has 6 nitrogen and oxygen atoms in total. The Morgan fingerprint density at radius 1 is 1.35 bits per heavy atom. The van der Waals surface area contributed by atoms with Gasteiger partial charge in [0.05, 0.1) is 18.8 Å². The van der Waals surface area contributed by atoms with Crippen molar-refractivity contribution in [3.63, 3.8) is 0 Å². The molecule has 23 heavy (non-hydrogen) atoms. The lowest BCUT2D eigenvalue weighted by atomic mass is 9.71. The number of hydrogen-bond acceptors (Lipinski definition) is 4. The Hall–Kier alpha value is -1.85. The van der Waals surface area contributed by atoms with Gasteiger partial charge in [0.25, 0.3) is 0 Å². The van der Waals surface area contributed by atoms with Gasteiger partial charge in [-0.05, 0) is 31.6 Å². The molecule has 1 aromatic heterocycles. The van der Waals surface area contributed by atoms with Crippen LogP contribution >= 0.6 is 0 Å². The third kappa shape index (κ3) is 3.57. The van der Waals surface area contributed by atoms with E-state index in [9.17, 15) is 4.79 Å². The zero-order chi connectivity index (χ0) is 16.4. The van der Waals surface area contributed by atoms with Crippen LogP contribution in [0.25, 0.3) is 0 Å². The van der Waals surface area contributed by atoms with Gasteiger partial charge in [-0.3, -0.25) is 4.68 Å². The van der Waals surface area contributed by atoms with E-state index in [2.05, 4.69) is 31.1 Å². The SMILES string of the molecule is CC1=C(Cc2cn(CCN3CCOC3=O)nn2)C(C)(C)CCC1. The fourth-order valence-corrected chi connectivity index (χ4v) is 3.63. The minimum atomic E-state index is -0.227. The van der Waals surface area contributed by atoms with Gasteiger partial charge in [-0.15, -0.1) is 5.10 Å². The highest BCUT2D eigenvalue weighted by Gasteiger charge is 2.29. The molecule has 1 aromatic rings. The highest BCUT2D eigenvalue weighted by atomic mass is 16.6. The molecular weight excluding hydrogens is 292 g/mol. The highest BCUT2D eigenvalue weighted by Crippen LogP contribution is 2.41. The molecule has 1 saturated heterocycles. The first kappa shape index (κ1) is 16.0. The van der Waals surface area contributed by atoms with Crippen LogP contribution in [-0.2, 0) is 17.7 Å². The number of rotatable bonds is 5. The zero-order valence-corrected chi connectivity index (χ0v) is 14.3. The van der Waals surface area contributed by atoms with Gasteiger partial charge >= 0.3 is 6.09 Å². The third-order valence-corrected chi connectivity index (χ3v) is 5.07. The summed E-state index contributed by atoms with van der Waals surface area (Å²) in [4.78, 5) is 13.1. The van der Waals surface area contributed by atoms with E-state index in [1.807, 2.05) is 10.9 Å². The van der Waals surface area contributed by atoms with Crippen LogP contribution in [0.5, 0.6) is 0 Å². The summed E-state index contributed by atoms with van der Waals surface area (Å²) in [6.07, 6.45) is 6.38. The van der Waals surface area contributed by atoms with E-state index in [1.54, 1.807) is 4.90 Å². The minimum Gasteiger partial charge on any atom is -0.448 e. The Balaban J connectivity index is 1.62. The summed E-state index contributed by atoms with van der Waals surface area (Å²) in [6, 6.07) is 0. The molecule has 0 saturated carbocycles. The Kier molecular flexibility index (Phi) is 4.41. The maximum atomic E-state index is 11.4. The van der Waals surface area contributed by atoms with Crippen LogP contribution < -0.4 is 0 Å². The molecule has 0 unspecified atom stereocenters. The molecule has 126 valence electrons. The maximum Gasteiger partial charge on any atom is 0.410 e. The molecule has 2 heterocycles. The van der Waals surface area contributed by atoms with E-state index in [1.165, 1.54) is 30.4 Å². The Bertz CT molecular complexity index is 618. The Morgan fingerprint density at radius 3 is 2.87 bits per heavy atom. The van der Waals surface area contributed by atoms with Gasteiger partial charge in [-0.25, -0.2) is 4.79 Å². The number of hydrogen-bond donors (Lipinski definition) is 0. The Labute approximate surface area is 137 Å². The number of carbonyl (C=O) groups excluding carboxylic acids is 1. The van der Waals surface area contributed by atoms with E-state index in [-0.39, 0.29) is 11.5 Å². The molecule has 0 N–H and O–H groups in total. The molecular formula is C17H26N4O2. The van der Waals surface area contributed by atoms with Crippen LogP contribution in [0.3, 0.4) is 0 Å². The van der Waals surface area contributed by atoms with Crippen molar-refractivity contribution in [1.29, 1.82) is 0 Å². The summed E-state index contributed by atoms with van der Waals surface area (Å²) in [7, 11) is 0. The molecule has 0 atom stereocenters. The first-order chi connectivity index (χ1) is 11.0. The quantitative estimate of drug-likeness (QED) is 0.783. The van der Waals surface area contributed by atoms with E-state index in [0.29, 0.717) is 26.2 Å². The van der Waals surface area contributed by atoms with Crippen LogP contribution in [0.1, 0.15) is 45.7 Å². The number of nitrogens with zero attached hydrogens (tertiary/aromatic N) is 4. The lowest BCUT2D eigenvalue weighted by Crippen LogP contribution is -2.28. The van der Waals surface area contributed by atoms with Gasteiger partial charge in [-0.2, -0.15) is 0 Å². The first-order valence-corrected chi connectivity index (χ1v) is 8.45. The molecule has 1 fully saturated rings. The van der Waals surface area contributed by atoms with Gasteiger partial charge < -0.3 is 9.64 Å². The minimum absolute atomic E-state index is 0.227. The molecule has 1 aliphatic heterocycles. The number of ether oxygens (including phenoxy) is 1. The fraction of sp³-hybridized carbons (Fsp3) is 0.706. The summed E-state index contributed by atoms with van der Waals surface area (Å²) in [5.74, 6) is 0. The third-order valence-electron chi connectivity index (χ3n) is 5.07. The van der Waals surface area contributed by atoms with E-state index in [4.69, 9.17) is 4.74 Å². The van der Waals surface area contributed by atoms with Crippen molar-refractivity contribution in [1.82, 2.24) is 19.9 Å². The van der Waals surface area contributed by atoms with Crippen LogP contribution in [0, 0.1) is 5.41 Å². The summed E-state index contributed by atoms with van der Waals surface area (Å²) >= 11 is 0. The molecule has 0 bridgehead atoms. The summed E-state index contributed by atoms with van der Waals surface area (Å²) in [5, 5.41) is 8.52. The average molecular weight is 318 g/mol. The number of aromatic nitrogens is 3. The van der Waals surface area contributed by atoms with E-state index >= 15 is 0 Å². The van der Waals surface area contributed by atoms with E-state index < -0.39 is 0 Å². The van der Waals surface area contributed by atoms with Crippen molar-refractivity contribution in [2.45, 2.75) is 53.0 Å². The second kappa shape index (κ2) is 6.34. The number of allylic oxidation sites excluding steroid dienone is 2. The molecule has 0 aromatic carbocycles. The van der Waals surface area contributed by atoms with Crippen molar-refractivity contribution in [3.8, 4) is 0 Å². The smallest absolute Gasteiger partial charge is 0.410 e. The van der Waals surface area contributed by atoms with Crippen molar-refractivity contribution in [2.75, 3.05) is 19.7 Å². The average Bonchev–Trinajstić information content (AvgIpc) is 3.10. The van der Waals surface area contributed by atoms with Crippen molar-refractivity contribution in [3.05, 3.63) is 23.0 Å². The predicted octanol–water partition coefficient (Wildman–Crippen LogP) is 2.80. The molecule has 3 rings (SSSR count). The molecule has 0 spiro atoms. The molecule has 1 aliphatic carbocycles. The normalized spacial score (nSPS) is 21.0. The summed E-state index contributed by atoms with van der Waals surface area (Å²) in [5.41, 5.74) is 4.29. The second-order valence-electron chi connectivity index (χ2n) is 7.25. The topological polar surface area (TPSA) is 60.2 Å². The van der Waals surface area contributed by atoms with Crippen molar-refractivity contribution >= 4 is 6.09 Å². The lowest BCUT2D eigenvalue weighted by Gasteiger charge is -2.34. The summed E-state index contributed by atoms with van der Waals surface area (Å²) < 4.78 is 6.76. The van der Waals surface area contributed by atoms with Crippen LogP contribution in [0.2, 0.25) is 0 Å². The lowest BCUT2D eigenvalue weighted by molar-refractivity contribution is 0.157. The molecule has 6 heteroatoms. The fourth-order valence-electron chi connectivity index (χ4n) is 3.63. The van der Waals surface area contributed by atoms with Crippen LogP contribution in [-0.4, -0.2) is 45.7 Å². The number of carbonyl (C=O) groups is 1. The molecule has 2 aliphatic rings. The van der Waals surface area contributed by atoms with Gasteiger partial charge in [0, 0.05) is 19.2 Å². The second-order valence-corrected chi connectivity index (χ2v) is 7.25. The first-order valence-electron chi connectivity index (χ1n) is 8.45. The maximum absolute atomic E-state index is 11.4. The zero-order valence-electron chi connectivity index (χ0n) is 14.3. The van der Waals surface area contributed by atoms with Crippen molar-refractivity contribution in [2.24, 2.45) is 5.41 Å².